The normalized spacial score (nSPS) is 11.7. The lowest BCUT2D eigenvalue weighted by Crippen LogP contribution is -2.43. The number of carbonyl (C=O) groups excluding carboxylic acids is 3. The van der Waals surface area contributed by atoms with Crippen molar-refractivity contribution in [2.75, 3.05) is 13.1 Å². The first kappa shape index (κ1) is 24.1. The lowest BCUT2D eigenvalue weighted by molar-refractivity contribution is -0.124. The van der Waals surface area contributed by atoms with Gasteiger partial charge in [0.25, 0.3) is 5.91 Å². The summed E-state index contributed by atoms with van der Waals surface area (Å²) in [6, 6.07) is 19.6. The van der Waals surface area contributed by atoms with E-state index >= 15 is 0 Å². The van der Waals surface area contributed by atoms with E-state index in [1.165, 1.54) is 6.92 Å². The van der Waals surface area contributed by atoms with Crippen molar-refractivity contribution in [1.29, 1.82) is 0 Å². The number of fused-ring (bicyclic) bond motifs is 1. The van der Waals surface area contributed by atoms with E-state index in [2.05, 4.69) is 5.32 Å². The number of carbonyl (C=O) groups is 3. The first-order valence-electron chi connectivity index (χ1n) is 11.4. The molecular formula is C27H31N3O3. The predicted molar refractivity (Wildman–Crippen MR) is 131 cm³/mol. The Kier molecular flexibility index (Phi) is 8.30. The van der Waals surface area contributed by atoms with Gasteiger partial charge in [0.2, 0.25) is 5.91 Å². The highest BCUT2D eigenvalue weighted by Crippen LogP contribution is 2.28. The minimum absolute atomic E-state index is 0.0138. The van der Waals surface area contributed by atoms with Crippen LogP contribution >= 0.6 is 0 Å². The zero-order valence-electron chi connectivity index (χ0n) is 19.5. The largest absolute Gasteiger partial charge is 0.354 e. The number of nitrogens with one attached hydrogen (secondary N) is 1. The molecule has 0 aliphatic rings. The van der Waals surface area contributed by atoms with E-state index < -0.39 is 0 Å². The number of rotatable bonds is 10. The molecule has 1 aromatic heterocycles. The van der Waals surface area contributed by atoms with Crippen LogP contribution in [0.25, 0.3) is 22.0 Å². The van der Waals surface area contributed by atoms with Gasteiger partial charge in [-0.3, -0.25) is 9.59 Å². The summed E-state index contributed by atoms with van der Waals surface area (Å²) in [6.07, 6.45) is 1.17. The van der Waals surface area contributed by atoms with E-state index in [0.29, 0.717) is 18.8 Å². The molecule has 3 rings (SSSR count). The Labute approximate surface area is 195 Å². The summed E-state index contributed by atoms with van der Waals surface area (Å²) >= 11 is 0. The minimum atomic E-state index is -0.183. The van der Waals surface area contributed by atoms with E-state index in [9.17, 15) is 14.4 Å². The summed E-state index contributed by atoms with van der Waals surface area (Å²) in [6.45, 7) is 6.19. The quantitative estimate of drug-likeness (QED) is 0.494. The third-order valence-electron chi connectivity index (χ3n) is 5.77. The van der Waals surface area contributed by atoms with Gasteiger partial charge in [-0.25, -0.2) is 4.98 Å². The van der Waals surface area contributed by atoms with Crippen LogP contribution in [-0.4, -0.2) is 46.6 Å². The molecule has 0 spiro atoms. The molecule has 33 heavy (non-hydrogen) atoms. The van der Waals surface area contributed by atoms with E-state index in [-0.39, 0.29) is 36.5 Å². The number of aromatic nitrogens is 1. The number of ketones is 1. The average molecular weight is 446 g/mol. The molecular weight excluding hydrogens is 414 g/mol. The van der Waals surface area contributed by atoms with Gasteiger partial charge in [-0.15, -0.1) is 0 Å². The Hall–Kier alpha value is -3.54. The second-order valence-electron chi connectivity index (χ2n) is 8.25. The van der Waals surface area contributed by atoms with E-state index in [0.717, 1.165) is 28.5 Å². The topological polar surface area (TPSA) is 79.4 Å². The van der Waals surface area contributed by atoms with Crippen LogP contribution in [0.1, 0.15) is 50.5 Å². The number of nitrogens with zero attached hydrogens (tertiary/aromatic N) is 2. The SMILES string of the molecule is CCC(C)N(CCNC(=O)CCC(C)=O)C(=O)c1cc2ccccc2c(-c2ccccc2)n1. The summed E-state index contributed by atoms with van der Waals surface area (Å²) in [5, 5.41) is 4.76. The Balaban J connectivity index is 1.86. The van der Waals surface area contributed by atoms with Crippen LogP contribution in [0.3, 0.4) is 0 Å². The fourth-order valence-electron chi connectivity index (χ4n) is 3.71. The van der Waals surface area contributed by atoms with Crippen molar-refractivity contribution in [3.05, 3.63) is 66.4 Å². The van der Waals surface area contributed by atoms with Gasteiger partial charge in [0, 0.05) is 42.9 Å². The molecule has 172 valence electrons. The third kappa shape index (κ3) is 6.25. The molecule has 2 aromatic carbocycles. The highest BCUT2D eigenvalue weighted by Gasteiger charge is 2.23. The Morgan fingerprint density at radius 3 is 2.39 bits per heavy atom. The predicted octanol–water partition coefficient (Wildman–Crippen LogP) is 4.63. The first-order valence-corrected chi connectivity index (χ1v) is 11.4. The molecule has 0 aliphatic carbocycles. The summed E-state index contributed by atoms with van der Waals surface area (Å²) in [5.74, 6) is -0.361. The molecule has 1 N–H and O–H groups in total. The van der Waals surface area contributed by atoms with Gasteiger partial charge in [-0.1, -0.05) is 61.5 Å². The van der Waals surface area contributed by atoms with E-state index in [1.807, 2.05) is 74.5 Å². The average Bonchev–Trinajstić information content (AvgIpc) is 2.84. The molecule has 1 atom stereocenters. The highest BCUT2D eigenvalue weighted by molar-refractivity contribution is 6.01. The minimum Gasteiger partial charge on any atom is -0.354 e. The molecule has 6 nitrogen and oxygen atoms in total. The van der Waals surface area contributed by atoms with Crippen LogP contribution < -0.4 is 5.32 Å². The summed E-state index contributed by atoms with van der Waals surface area (Å²) in [5.41, 5.74) is 2.12. The van der Waals surface area contributed by atoms with Gasteiger partial charge >= 0.3 is 0 Å². The van der Waals surface area contributed by atoms with Gasteiger partial charge < -0.3 is 15.0 Å². The monoisotopic (exact) mass is 445 g/mol. The molecule has 0 fully saturated rings. The smallest absolute Gasteiger partial charge is 0.272 e. The fourth-order valence-corrected chi connectivity index (χ4v) is 3.71. The van der Waals surface area contributed by atoms with Crippen LogP contribution in [0.5, 0.6) is 0 Å². The maximum atomic E-state index is 13.6. The number of Topliss-reactive ketones (excluding diaryl/α,β-unsaturated/α-hetero) is 1. The van der Waals surface area contributed by atoms with Gasteiger partial charge in [0.1, 0.15) is 11.5 Å². The highest BCUT2D eigenvalue weighted by atomic mass is 16.2. The maximum absolute atomic E-state index is 13.6. The summed E-state index contributed by atoms with van der Waals surface area (Å²) in [4.78, 5) is 43.2. The zero-order chi connectivity index (χ0) is 23.8. The molecule has 0 aliphatic heterocycles. The zero-order valence-corrected chi connectivity index (χ0v) is 19.5. The van der Waals surface area contributed by atoms with Crippen molar-refractivity contribution in [1.82, 2.24) is 15.2 Å². The van der Waals surface area contributed by atoms with Crippen molar-refractivity contribution < 1.29 is 14.4 Å². The van der Waals surface area contributed by atoms with E-state index in [1.54, 1.807) is 4.90 Å². The molecule has 0 bridgehead atoms. The van der Waals surface area contributed by atoms with Crippen LogP contribution in [0, 0.1) is 0 Å². The first-order chi connectivity index (χ1) is 15.9. The van der Waals surface area contributed by atoms with Crippen molar-refractivity contribution in [3.63, 3.8) is 0 Å². The number of amides is 2. The Morgan fingerprint density at radius 2 is 1.70 bits per heavy atom. The second-order valence-corrected chi connectivity index (χ2v) is 8.25. The van der Waals surface area contributed by atoms with Gasteiger partial charge in [0.05, 0.1) is 5.69 Å². The Morgan fingerprint density at radius 1 is 1.00 bits per heavy atom. The molecule has 0 radical (unpaired) electrons. The molecule has 6 heteroatoms. The third-order valence-corrected chi connectivity index (χ3v) is 5.77. The lowest BCUT2D eigenvalue weighted by Gasteiger charge is -2.28. The molecule has 0 saturated heterocycles. The van der Waals surface area contributed by atoms with Crippen molar-refractivity contribution in [3.8, 4) is 11.3 Å². The van der Waals surface area contributed by atoms with Crippen LogP contribution in [0.15, 0.2) is 60.7 Å². The van der Waals surface area contributed by atoms with Crippen LogP contribution in [-0.2, 0) is 9.59 Å². The molecule has 3 aromatic rings. The van der Waals surface area contributed by atoms with Crippen LogP contribution in [0.4, 0.5) is 0 Å². The van der Waals surface area contributed by atoms with E-state index in [4.69, 9.17) is 4.98 Å². The molecule has 2 amide bonds. The molecule has 1 heterocycles. The second kappa shape index (κ2) is 11.4. The van der Waals surface area contributed by atoms with Crippen molar-refractivity contribution >= 4 is 28.4 Å². The number of hydrogen-bond acceptors (Lipinski definition) is 4. The summed E-state index contributed by atoms with van der Waals surface area (Å²) in [7, 11) is 0. The summed E-state index contributed by atoms with van der Waals surface area (Å²) < 4.78 is 0. The Bertz CT molecular complexity index is 1130. The number of pyridine rings is 1. The maximum Gasteiger partial charge on any atom is 0.272 e. The number of benzene rings is 2. The van der Waals surface area contributed by atoms with Gasteiger partial charge in [-0.05, 0) is 31.7 Å². The van der Waals surface area contributed by atoms with Crippen LogP contribution in [0.2, 0.25) is 0 Å². The lowest BCUT2D eigenvalue weighted by atomic mass is 10.0. The van der Waals surface area contributed by atoms with Gasteiger partial charge in [-0.2, -0.15) is 0 Å². The van der Waals surface area contributed by atoms with Crippen molar-refractivity contribution in [2.45, 2.75) is 46.1 Å². The molecule has 0 saturated carbocycles. The fraction of sp³-hybridized carbons (Fsp3) is 0.333. The van der Waals surface area contributed by atoms with Gasteiger partial charge in [0.15, 0.2) is 0 Å². The standard InChI is InChI=1S/C27H31N3O3/c1-4-19(2)30(17-16-28-25(32)15-14-20(3)31)27(33)24-18-22-12-8-9-13-23(22)26(29-24)21-10-6-5-7-11-21/h5-13,18-19H,4,14-17H2,1-3H3,(H,28,32). The van der Waals surface area contributed by atoms with Crippen molar-refractivity contribution in [2.24, 2.45) is 0 Å². The molecule has 1 unspecified atom stereocenters. The number of hydrogen-bond donors (Lipinski definition) is 1.